The fourth-order valence-electron chi connectivity index (χ4n) is 0.727. The highest BCUT2D eigenvalue weighted by molar-refractivity contribution is 5.65. The van der Waals surface area contributed by atoms with Crippen molar-refractivity contribution in [1.82, 2.24) is 0 Å². The zero-order valence-corrected chi connectivity index (χ0v) is 8.28. The Morgan fingerprint density at radius 3 is 2.69 bits per heavy atom. The molecule has 0 amide bonds. The van der Waals surface area contributed by atoms with Gasteiger partial charge in [0.1, 0.15) is 12.7 Å². The van der Waals surface area contributed by atoms with Gasteiger partial charge in [-0.1, -0.05) is 13.3 Å². The molecular weight excluding hydrogens is 172 g/mol. The van der Waals surface area contributed by atoms with Crippen LogP contribution in [0.1, 0.15) is 26.7 Å². The third kappa shape index (κ3) is 9.30. The molecule has 0 rings (SSSR count). The first-order valence-corrected chi connectivity index (χ1v) is 4.56. The van der Waals surface area contributed by atoms with Crippen LogP contribution in [-0.4, -0.2) is 37.0 Å². The molecule has 1 N–H and O–H groups in total. The fraction of sp³-hybridized carbons (Fsp3) is 0.889. The van der Waals surface area contributed by atoms with Crippen LogP contribution in [0.2, 0.25) is 0 Å². The number of rotatable bonds is 7. The van der Waals surface area contributed by atoms with E-state index in [1.54, 1.807) is 0 Å². The van der Waals surface area contributed by atoms with E-state index in [4.69, 9.17) is 4.74 Å². The number of carbonyl (C=O) groups is 1. The van der Waals surface area contributed by atoms with E-state index in [-0.39, 0.29) is 19.2 Å². The fourth-order valence-corrected chi connectivity index (χ4v) is 0.727. The molecular formula is C9H18O4. The smallest absolute Gasteiger partial charge is 0.302 e. The standard InChI is InChI=1S/C9H18O4/c1-3-4-5-12-6-9(11)7-13-8(2)10/h9,11H,3-7H2,1-2H3/t9-/m0/s1. The average molecular weight is 190 g/mol. The molecule has 0 spiro atoms. The first kappa shape index (κ1) is 12.4. The maximum atomic E-state index is 10.4. The Hall–Kier alpha value is -0.610. The van der Waals surface area contributed by atoms with E-state index in [0.29, 0.717) is 6.61 Å². The van der Waals surface area contributed by atoms with E-state index in [0.717, 1.165) is 12.8 Å². The number of unbranched alkanes of at least 4 members (excludes halogenated alkanes) is 1. The molecule has 78 valence electrons. The summed E-state index contributed by atoms with van der Waals surface area (Å²) in [6, 6.07) is 0. The van der Waals surface area contributed by atoms with Crippen LogP contribution in [0.3, 0.4) is 0 Å². The molecule has 0 bridgehead atoms. The zero-order valence-electron chi connectivity index (χ0n) is 8.28. The summed E-state index contributed by atoms with van der Waals surface area (Å²) >= 11 is 0. The van der Waals surface area contributed by atoms with Crippen LogP contribution in [0, 0.1) is 0 Å². The predicted octanol–water partition coefficient (Wildman–Crippen LogP) is 0.727. The SMILES string of the molecule is CCCCOC[C@H](O)COC(C)=O. The number of aliphatic hydroxyl groups is 1. The summed E-state index contributed by atoms with van der Waals surface area (Å²) in [4.78, 5) is 10.4. The Bertz CT molecular complexity index is 136. The minimum atomic E-state index is -0.708. The van der Waals surface area contributed by atoms with Gasteiger partial charge >= 0.3 is 5.97 Å². The topological polar surface area (TPSA) is 55.8 Å². The number of ether oxygens (including phenoxy) is 2. The van der Waals surface area contributed by atoms with E-state index in [1.165, 1.54) is 6.92 Å². The van der Waals surface area contributed by atoms with E-state index in [2.05, 4.69) is 11.7 Å². The molecule has 0 aliphatic rings. The summed E-state index contributed by atoms with van der Waals surface area (Å²) in [6.45, 7) is 4.27. The Morgan fingerprint density at radius 2 is 2.15 bits per heavy atom. The number of hydrogen-bond donors (Lipinski definition) is 1. The molecule has 4 heteroatoms. The second-order valence-electron chi connectivity index (χ2n) is 2.88. The maximum Gasteiger partial charge on any atom is 0.302 e. The Labute approximate surface area is 78.8 Å². The number of aliphatic hydroxyl groups excluding tert-OH is 1. The molecule has 0 saturated carbocycles. The van der Waals surface area contributed by atoms with Crippen molar-refractivity contribution in [3.8, 4) is 0 Å². The molecule has 13 heavy (non-hydrogen) atoms. The lowest BCUT2D eigenvalue weighted by Crippen LogP contribution is -2.23. The highest BCUT2D eigenvalue weighted by Gasteiger charge is 2.05. The van der Waals surface area contributed by atoms with Gasteiger partial charge < -0.3 is 14.6 Å². The first-order chi connectivity index (χ1) is 6.16. The molecule has 0 aromatic carbocycles. The maximum absolute atomic E-state index is 10.4. The first-order valence-electron chi connectivity index (χ1n) is 4.56. The summed E-state index contributed by atoms with van der Waals surface area (Å²) < 4.78 is 9.72. The van der Waals surface area contributed by atoms with Crippen LogP contribution in [0.25, 0.3) is 0 Å². The Kier molecular flexibility index (Phi) is 7.63. The van der Waals surface area contributed by atoms with E-state index in [9.17, 15) is 9.90 Å². The molecule has 4 nitrogen and oxygen atoms in total. The molecule has 0 unspecified atom stereocenters. The molecule has 0 fully saturated rings. The molecule has 0 radical (unpaired) electrons. The van der Waals surface area contributed by atoms with Crippen LogP contribution in [0.4, 0.5) is 0 Å². The highest BCUT2D eigenvalue weighted by atomic mass is 16.5. The predicted molar refractivity (Wildman–Crippen MR) is 48.4 cm³/mol. The Balaban J connectivity index is 3.19. The van der Waals surface area contributed by atoms with Crippen LogP contribution < -0.4 is 0 Å². The van der Waals surface area contributed by atoms with Crippen LogP contribution in [0.5, 0.6) is 0 Å². The molecule has 0 aromatic rings. The van der Waals surface area contributed by atoms with Gasteiger partial charge in [-0.05, 0) is 6.42 Å². The second-order valence-corrected chi connectivity index (χ2v) is 2.88. The van der Waals surface area contributed by atoms with Crippen molar-refractivity contribution in [2.45, 2.75) is 32.8 Å². The average Bonchev–Trinajstić information content (AvgIpc) is 2.09. The van der Waals surface area contributed by atoms with E-state index >= 15 is 0 Å². The van der Waals surface area contributed by atoms with Gasteiger partial charge in [-0.3, -0.25) is 4.79 Å². The molecule has 0 saturated heterocycles. The monoisotopic (exact) mass is 190 g/mol. The van der Waals surface area contributed by atoms with Gasteiger partial charge in [0.2, 0.25) is 0 Å². The highest BCUT2D eigenvalue weighted by Crippen LogP contribution is 1.92. The normalized spacial score (nSPS) is 12.5. The summed E-state index contributed by atoms with van der Waals surface area (Å²) in [5.41, 5.74) is 0. The lowest BCUT2D eigenvalue weighted by molar-refractivity contribution is -0.145. The van der Waals surface area contributed by atoms with Gasteiger partial charge in [-0.25, -0.2) is 0 Å². The number of hydrogen-bond acceptors (Lipinski definition) is 4. The third-order valence-corrected chi connectivity index (χ3v) is 1.43. The van der Waals surface area contributed by atoms with Gasteiger partial charge in [-0.2, -0.15) is 0 Å². The molecule has 0 heterocycles. The minimum absolute atomic E-state index is 0.0153. The number of esters is 1. The van der Waals surface area contributed by atoms with Crippen LogP contribution in [0.15, 0.2) is 0 Å². The summed E-state index contributed by atoms with van der Waals surface area (Å²) in [7, 11) is 0. The second kappa shape index (κ2) is 8.01. The number of carbonyl (C=O) groups excluding carboxylic acids is 1. The van der Waals surface area contributed by atoms with Gasteiger partial charge in [0, 0.05) is 13.5 Å². The van der Waals surface area contributed by atoms with Crippen molar-refractivity contribution < 1.29 is 19.4 Å². The lowest BCUT2D eigenvalue weighted by Gasteiger charge is -2.10. The van der Waals surface area contributed by atoms with Crippen LogP contribution in [-0.2, 0) is 14.3 Å². The third-order valence-electron chi connectivity index (χ3n) is 1.43. The molecule has 0 aromatic heterocycles. The van der Waals surface area contributed by atoms with Gasteiger partial charge in [0.25, 0.3) is 0 Å². The summed E-state index contributed by atoms with van der Waals surface area (Å²) in [5, 5.41) is 9.20. The van der Waals surface area contributed by atoms with E-state index < -0.39 is 6.10 Å². The summed E-state index contributed by atoms with van der Waals surface area (Å²) in [6.07, 6.45) is 1.35. The van der Waals surface area contributed by atoms with Gasteiger partial charge in [0.05, 0.1) is 6.61 Å². The minimum Gasteiger partial charge on any atom is -0.463 e. The van der Waals surface area contributed by atoms with Gasteiger partial charge in [-0.15, -0.1) is 0 Å². The van der Waals surface area contributed by atoms with E-state index in [1.807, 2.05) is 0 Å². The Morgan fingerprint density at radius 1 is 1.46 bits per heavy atom. The van der Waals surface area contributed by atoms with Crippen molar-refractivity contribution in [2.24, 2.45) is 0 Å². The molecule has 1 atom stereocenters. The lowest BCUT2D eigenvalue weighted by atomic mass is 10.3. The molecule has 0 aliphatic carbocycles. The van der Waals surface area contributed by atoms with Crippen molar-refractivity contribution in [2.75, 3.05) is 19.8 Å². The molecule has 0 aliphatic heterocycles. The van der Waals surface area contributed by atoms with Crippen molar-refractivity contribution in [1.29, 1.82) is 0 Å². The van der Waals surface area contributed by atoms with Gasteiger partial charge in [0.15, 0.2) is 0 Å². The van der Waals surface area contributed by atoms with Crippen LogP contribution >= 0.6 is 0 Å². The van der Waals surface area contributed by atoms with Crippen molar-refractivity contribution in [3.05, 3.63) is 0 Å². The van der Waals surface area contributed by atoms with Crippen molar-refractivity contribution in [3.63, 3.8) is 0 Å². The largest absolute Gasteiger partial charge is 0.463 e. The summed E-state index contributed by atoms with van der Waals surface area (Å²) in [5.74, 6) is -0.382. The van der Waals surface area contributed by atoms with Crippen molar-refractivity contribution >= 4 is 5.97 Å². The quantitative estimate of drug-likeness (QED) is 0.475. The zero-order chi connectivity index (χ0) is 10.1.